The molecule has 1 fully saturated rings. The van der Waals surface area contributed by atoms with Gasteiger partial charge in [0.1, 0.15) is 10.8 Å². The van der Waals surface area contributed by atoms with E-state index in [0.29, 0.717) is 11.1 Å². The van der Waals surface area contributed by atoms with Gasteiger partial charge in [0.25, 0.3) is 0 Å². The summed E-state index contributed by atoms with van der Waals surface area (Å²) < 4.78 is 28.4. The first kappa shape index (κ1) is 16.9. The van der Waals surface area contributed by atoms with Crippen LogP contribution < -0.4 is 0 Å². The van der Waals surface area contributed by atoms with E-state index in [4.69, 9.17) is 4.74 Å². The lowest BCUT2D eigenvalue weighted by atomic mass is 10.1. The van der Waals surface area contributed by atoms with Gasteiger partial charge in [-0.2, -0.15) is 0 Å². The number of nitrogens with zero attached hydrogens (tertiary/aromatic N) is 2. The Labute approximate surface area is 131 Å². The van der Waals surface area contributed by atoms with Crippen molar-refractivity contribution in [3.63, 3.8) is 0 Å². The summed E-state index contributed by atoms with van der Waals surface area (Å²) >= 11 is 1.43. The van der Waals surface area contributed by atoms with Gasteiger partial charge in [-0.05, 0) is 25.8 Å². The molecule has 120 valence electrons. The van der Waals surface area contributed by atoms with E-state index in [9.17, 15) is 8.42 Å². The molecule has 1 aromatic rings. The predicted molar refractivity (Wildman–Crippen MR) is 85.2 cm³/mol. The van der Waals surface area contributed by atoms with Crippen LogP contribution in [0.1, 0.15) is 36.9 Å². The van der Waals surface area contributed by atoms with Crippen molar-refractivity contribution in [1.82, 2.24) is 9.88 Å². The first-order valence-electron chi connectivity index (χ1n) is 7.41. The van der Waals surface area contributed by atoms with Crippen molar-refractivity contribution < 1.29 is 13.2 Å². The van der Waals surface area contributed by atoms with Gasteiger partial charge in [0.15, 0.2) is 9.84 Å². The van der Waals surface area contributed by atoms with E-state index in [1.807, 2.05) is 5.38 Å². The van der Waals surface area contributed by atoms with Crippen molar-refractivity contribution in [2.75, 3.05) is 26.0 Å². The van der Waals surface area contributed by atoms with Crippen molar-refractivity contribution in [1.29, 1.82) is 0 Å². The standard InChI is InChI=1S/C14H24N2O3S2/c1-3-7-19-13-5-4-6-16(9-13)8-12-10-20-14(15-12)11-21(2,17)18/h10,13H,3-9,11H2,1-2H3/t13-/m0/s1. The molecule has 5 nitrogen and oxygen atoms in total. The minimum atomic E-state index is -3.00. The smallest absolute Gasteiger partial charge is 0.153 e. The molecule has 1 aliphatic heterocycles. The monoisotopic (exact) mass is 332 g/mol. The number of rotatable bonds is 7. The van der Waals surface area contributed by atoms with Crippen molar-refractivity contribution >= 4 is 21.2 Å². The largest absolute Gasteiger partial charge is 0.377 e. The van der Waals surface area contributed by atoms with Crippen molar-refractivity contribution in [2.24, 2.45) is 0 Å². The Bertz CT molecular complexity index is 542. The number of aromatic nitrogens is 1. The van der Waals surface area contributed by atoms with E-state index >= 15 is 0 Å². The van der Waals surface area contributed by atoms with E-state index in [2.05, 4.69) is 16.8 Å². The molecule has 1 aromatic heterocycles. The Hall–Kier alpha value is -0.500. The normalized spacial score (nSPS) is 20.8. The molecule has 0 amide bonds. The molecular formula is C14H24N2O3S2. The lowest BCUT2D eigenvalue weighted by Crippen LogP contribution is -2.39. The number of likely N-dealkylation sites (tertiary alicyclic amines) is 1. The fraction of sp³-hybridized carbons (Fsp3) is 0.786. The molecule has 1 aliphatic rings. The molecule has 2 heterocycles. The van der Waals surface area contributed by atoms with Crippen LogP contribution in [-0.4, -0.2) is 50.4 Å². The molecule has 0 aromatic carbocycles. The second-order valence-electron chi connectivity index (χ2n) is 5.67. The number of sulfone groups is 1. The summed E-state index contributed by atoms with van der Waals surface area (Å²) in [4.78, 5) is 6.78. The van der Waals surface area contributed by atoms with Crippen molar-refractivity contribution in [2.45, 2.75) is 44.6 Å². The summed E-state index contributed by atoms with van der Waals surface area (Å²) in [5.74, 6) is 0.0416. The summed E-state index contributed by atoms with van der Waals surface area (Å²) in [7, 11) is -3.00. The number of hydrogen-bond acceptors (Lipinski definition) is 6. The molecule has 0 bridgehead atoms. The first-order valence-corrected chi connectivity index (χ1v) is 10.3. The maximum Gasteiger partial charge on any atom is 0.153 e. The minimum absolute atomic E-state index is 0.0416. The molecule has 0 radical (unpaired) electrons. The second kappa shape index (κ2) is 7.67. The van der Waals surface area contributed by atoms with Crippen LogP contribution in [0.15, 0.2) is 5.38 Å². The number of thiazole rings is 1. The first-order chi connectivity index (χ1) is 9.96. The molecule has 0 N–H and O–H groups in total. The van der Waals surface area contributed by atoms with Crippen LogP contribution in [0.2, 0.25) is 0 Å². The zero-order valence-corrected chi connectivity index (χ0v) is 14.4. The fourth-order valence-electron chi connectivity index (χ4n) is 2.52. The van der Waals surface area contributed by atoms with E-state index < -0.39 is 9.84 Å². The van der Waals surface area contributed by atoms with Crippen LogP contribution in [0.25, 0.3) is 0 Å². The molecule has 0 aliphatic carbocycles. The average Bonchev–Trinajstić information content (AvgIpc) is 2.81. The van der Waals surface area contributed by atoms with Crippen molar-refractivity contribution in [3.8, 4) is 0 Å². The van der Waals surface area contributed by atoms with Crippen LogP contribution in [0.4, 0.5) is 0 Å². The minimum Gasteiger partial charge on any atom is -0.377 e. The molecule has 1 atom stereocenters. The predicted octanol–water partition coefficient (Wildman–Crippen LogP) is 2.08. The summed E-state index contributed by atoms with van der Waals surface area (Å²) in [6, 6.07) is 0. The Morgan fingerprint density at radius 2 is 2.33 bits per heavy atom. The second-order valence-corrected chi connectivity index (χ2v) is 8.76. The van der Waals surface area contributed by atoms with Crippen LogP contribution in [0.3, 0.4) is 0 Å². The zero-order valence-electron chi connectivity index (χ0n) is 12.7. The number of ether oxygens (including phenoxy) is 1. The van der Waals surface area contributed by atoms with E-state index in [-0.39, 0.29) is 5.75 Å². The van der Waals surface area contributed by atoms with Gasteiger partial charge < -0.3 is 4.74 Å². The van der Waals surface area contributed by atoms with E-state index in [1.165, 1.54) is 17.6 Å². The van der Waals surface area contributed by atoms with E-state index in [0.717, 1.165) is 51.2 Å². The van der Waals surface area contributed by atoms with Crippen LogP contribution in [0.5, 0.6) is 0 Å². The summed E-state index contributed by atoms with van der Waals surface area (Å²) in [5, 5.41) is 2.65. The van der Waals surface area contributed by atoms with Gasteiger partial charge in [-0.25, -0.2) is 13.4 Å². The fourth-order valence-corrected chi connectivity index (χ4v) is 4.52. The molecule has 7 heteroatoms. The Morgan fingerprint density at radius 1 is 1.52 bits per heavy atom. The molecule has 0 spiro atoms. The highest BCUT2D eigenvalue weighted by molar-refractivity contribution is 7.90. The maximum atomic E-state index is 11.3. The van der Waals surface area contributed by atoms with Gasteiger partial charge in [-0.1, -0.05) is 6.92 Å². The van der Waals surface area contributed by atoms with E-state index in [1.54, 1.807) is 0 Å². The topological polar surface area (TPSA) is 59.5 Å². The van der Waals surface area contributed by atoms with Crippen LogP contribution in [0, 0.1) is 0 Å². The van der Waals surface area contributed by atoms with Crippen LogP contribution >= 0.6 is 11.3 Å². The lowest BCUT2D eigenvalue weighted by Gasteiger charge is -2.32. The lowest BCUT2D eigenvalue weighted by molar-refractivity contribution is -0.00248. The molecule has 0 saturated carbocycles. The van der Waals surface area contributed by atoms with Gasteiger partial charge in [0, 0.05) is 31.3 Å². The molecule has 0 unspecified atom stereocenters. The molecule has 1 saturated heterocycles. The summed E-state index contributed by atoms with van der Waals surface area (Å²) in [6.07, 6.45) is 4.90. The SMILES string of the molecule is CCCO[C@H]1CCCN(Cc2csc(CS(C)(=O)=O)n2)C1. The van der Waals surface area contributed by atoms with Gasteiger partial charge in [-0.3, -0.25) is 4.90 Å². The van der Waals surface area contributed by atoms with Crippen LogP contribution in [-0.2, 0) is 26.9 Å². The van der Waals surface area contributed by atoms with Gasteiger partial charge >= 0.3 is 0 Å². The highest BCUT2D eigenvalue weighted by atomic mass is 32.2. The average molecular weight is 332 g/mol. The Balaban J connectivity index is 1.86. The van der Waals surface area contributed by atoms with Gasteiger partial charge in [0.05, 0.1) is 11.8 Å². The molecule has 2 rings (SSSR count). The Morgan fingerprint density at radius 3 is 3.05 bits per heavy atom. The van der Waals surface area contributed by atoms with Gasteiger partial charge in [0.2, 0.25) is 0 Å². The van der Waals surface area contributed by atoms with Crippen molar-refractivity contribution in [3.05, 3.63) is 16.1 Å². The quantitative estimate of drug-likeness (QED) is 0.765. The zero-order chi connectivity index (χ0) is 15.3. The number of hydrogen-bond donors (Lipinski definition) is 0. The number of piperidine rings is 1. The third-order valence-corrected chi connectivity index (χ3v) is 5.27. The maximum absolute atomic E-state index is 11.3. The molecule has 21 heavy (non-hydrogen) atoms. The summed E-state index contributed by atoms with van der Waals surface area (Å²) in [6.45, 7) is 5.74. The summed E-state index contributed by atoms with van der Waals surface area (Å²) in [5.41, 5.74) is 0.967. The third kappa shape index (κ3) is 6.02. The third-order valence-electron chi connectivity index (χ3n) is 3.39. The molecular weight excluding hydrogens is 308 g/mol. The highest BCUT2D eigenvalue weighted by Gasteiger charge is 2.21. The van der Waals surface area contributed by atoms with Gasteiger partial charge in [-0.15, -0.1) is 11.3 Å². The highest BCUT2D eigenvalue weighted by Crippen LogP contribution is 2.18. The Kier molecular flexibility index (Phi) is 6.16.